The molecule has 1 amide bonds. The minimum absolute atomic E-state index is 0.251. The minimum atomic E-state index is -0.251. The van der Waals surface area contributed by atoms with Crippen molar-refractivity contribution in [1.82, 2.24) is 5.43 Å². The lowest BCUT2D eigenvalue weighted by Crippen LogP contribution is -2.17. The van der Waals surface area contributed by atoms with Crippen molar-refractivity contribution in [1.29, 1.82) is 0 Å². The van der Waals surface area contributed by atoms with Gasteiger partial charge < -0.3 is 4.74 Å². The van der Waals surface area contributed by atoms with E-state index in [4.69, 9.17) is 4.74 Å². The molecule has 0 saturated heterocycles. The predicted octanol–water partition coefficient (Wildman–Crippen LogP) is 5.08. The van der Waals surface area contributed by atoms with Crippen molar-refractivity contribution in [3.05, 3.63) is 107 Å². The van der Waals surface area contributed by atoms with Crippen LogP contribution in [0.2, 0.25) is 0 Å². The number of hydrogen-bond acceptors (Lipinski definition) is 3. The van der Waals surface area contributed by atoms with Gasteiger partial charge in [-0.3, -0.25) is 4.79 Å². The molecular weight excluding hydrogens is 348 g/mol. The largest absolute Gasteiger partial charge is 0.489 e. The summed E-state index contributed by atoms with van der Waals surface area (Å²) < 4.78 is 5.70. The van der Waals surface area contributed by atoms with Crippen molar-refractivity contribution < 1.29 is 9.53 Å². The first kappa shape index (κ1) is 19.1. The number of carbonyl (C=O) groups is 1. The van der Waals surface area contributed by atoms with Gasteiger partial charge in [0.1, 0.15) is 12.4 Å². The van der Waals surface area contributed by atoms with Crippen LogP contribution in [0.5, 0.6) is 5.75 Å². The molecule has 0 aromatic heterocycles. The summed E-state index contributed by atoms with van der Waals surface area (Å²) in [5, 5.41) is 4.02. The molecule has 0 fully saturated rings. The van der Waals surface area contributed by atoms with Gasteiger partial charge in [0.15, 0.2) is 0 Å². The van der Waals surface area contributed by atoms with Crippen molar-refractivity contribution in [2.24, 2.45) is 5.10 Å². The SMILES string of the molecule is CC(/C=N/NC(=O)c1ccc(COc2ccccc2)cc1)=C\c1ccccc1. The van der Waals surface area contributed by atoms with Crippen LogP contribution in [-0.4, -0.2) is 12.1 Å². The van der Waals surface area contributed by atoms with E-state index < -0.39 is 0 Å². The van der Waals surface area contributed by atoms with Gasteiger partial charge in [0.25, 0.3) is 5.91 Å². The minimum Gasteiger partial charge on any atom is -0.489 e. The van der Waals surface area contributed by atoms with Gasteiger partial charge in [-0.05, 0) is 47.9 Å². The number of nitrogens with one attached hydrogen (secondary N) is 1. The zero-order chi connectivity index (χ0) is 19.6. The third kappa shape index (κ3) is 5.95. The first-order valence-electron chi connectivity index (χ1n) is 9.04. The average molecular weight is 370 g/mol. The fourth-order valence-electron chi connectivity index (χ4n) is 2.54. The first-order chi connectivity index (χ1) is 13.7. The molecule has 4 nitrogen and oxygen atoms in total. The van der Waals surface area contributed by atoms with Gasteiger partial charge in [0.2, 0.25) is 0 Å². The van der Waals surface area contributed by atoms with E-state index in [2.05, 4.69) is 10.5 Å². The second-order valence-corrected chi connectivity index (χ2v) is 6.30. The molecule has 3 rings (SSSR count). The molecule has 4 heteroatoms. The van der Waals surface area contributed by atoms with E-state index in [1.54, 1.807) is 18.3 Å². The zero-order valence-corrected chi connectivity index (χ0v) is 15.7. The van der Waals surface area contributed by atoms with Crippen molar-refractivity contribution >= 4 is 18.2 Å². The van der Waals surface area contributed by atoms with Crippen molar-refractivity contribution in [2.75, 3.05) is 0 Å². The van der Waals surface area contributed by atoms with Crippen LogP contribution in [0.4, 0.5) is 0 Å². The topological polar surface area (TPSA) is 50.7 Å². The molecule has 0 saturated carbocycles. The summed E-state index contributed by atoms with van der Waals surface area (Å²) in [5.74, 6) is 0.567. The average Bonchev–Trinajstić information content (AvgIpc) is 2.74. The number of nitrogens with zero attached hydrogens (tertiary/aromatic N) is 1. The molecular formula is C24H22N2O2. The number of hydrogen-bond donors (Lipinski definition) is 1. The summed E-state index contributed by atoms with van der Waals surface area (Å²) in [6.07, 6.45) is 3.63. The molecule has 0 heterocycles. The maximum Gasteiger partial charge on any atom is 0.271 e. The number of ether oxygens (including phenoxy) is 1. The van der Waals surface area contributed by atoms with Crippen LogP contribution in [-0.2, 0) is 6.61 Å². The highest BCUT2D eigenvalue weighted by atomic mass is 16.5. The molecule has 1 N–H and O–H groups in total. The van der Waals surface area contributed by atoms with Crippen molar-refractivity contribution in [3.8, 4) is 5.75 Å². The van der Waals surface area contributed by atoms with Crippen LogP contribution < -0.4 is 10.2 Å². The van der Waals surface area contributed by atoms with Gasteiger partial charge in [-0.2, -0.15) is 5.10 Å². The maximum absolute atomic E-state index is 12.2. The smallest absolute Gasteiger partial charge is 0.271 e. The monoisotopic (exact) mass is 370 g/mol. The number of allylic oxidation sites excluding steroid dienone is 1. The van der Waals surface area contributed by atoms with E-state index in [-0.39, 0.29) is 5.91 Å². The first-order valence-corrected chi connectivity index (χ1v) is 9.04. The molecule has 3 aromatic carbocycles. The van der Waals surface area contributed by atoms with Crippen LogP contribution in [0.3, 0.4) is 0 Å². The van der Waals surface area contributed by atoms with E-state index in [0.717, 1.165) is 22.4 Å². The summed E-state index contributed by atoms with van der Waals surface area (Å²) in [7, 11) is 0. The molecule has 0 aliphatic carbocycles. The van der Waals surface area contributed by atoms with E-state index in [9.17, 15) is 4.79 Å². The molecule has 140 valence electrons. The Labute approximate surface area is 165 Å². The van der Waals surface area contributed by atoms with E-state index >= 15 is 0 Å². The summed E-state index contributed by atoms with van der Waals surface area (Å²) in [5.41, 5.74) is 6.12. The summed E-state index contributed by atoms with van der Waals surface area (Å²) in [4.78, 5) is 12.2. The Kier molecular flexibility index (Phi) is 6.74. The van der Waals surface area contributed by atoms with Crippen molar-refractivity contribution in [3.63, 3.8) is 0 Å². The Morgan fingerprint density at radius 1 is 0.929 bits per heavy atom. The zero-order valence-electron chi connectivity index (χ0n) is 15.7. The third-order valence-electron chi connectivity index (χ3n) is 3.99. The number of rotatable bonds is 7. The fraction of sp³-hybridized carbons (Fsp3) is 0.0833. The van der Waals surface area contributed by atoms with Gasteiger partial charge in [-0.1, -0.05) is 66.7 Å². The van der Waals surface area contributed by atoms with Gasteiger partial charge in [0, 0.05) is 5.56 Å². The number of hydrazone groups is 1. The summed E-state index contributed by atoms with van der Waals surface area (Å²) >= 11 is 0. The van der Waals surface area contributed by atoms with Crippen LogP contribution in [0.25, 0.3) is 6.08 Å². The lowest BCUT2D eigenvalue weighted by molar-refractivity contribution is 0.0955. The standard InChI is InChI=1S/C24H22N2O2/c1-19(16-20-8-4-2-5-9-20)17-25-26-24(27)22-14-12-21(13-15-22)18-28-23-10-6-3-7-11-23/h2-17H,18H2,1H3,(H,26,27)/b19-16+,25-17+. The number of benzene rings is 3. The van der Waals surface area contributed by atoms with E-state index in [1.165, 1.54) is 0 Å². The van der Waals surface area contributed by atoms with Crippen LogP contribution >= 0.6 is 0 Å². The van der Waals surface area contributed by atoms with E-state index in [1.807, 2.05) is 85.8 Å². The van der Waals surface area contributed by atoms with Gasteiger partial charge in [-0.15, -0.1) is 0 Å². The number of para-hydroxylation sites is 1. The second-order valence-electron chi connectivity index (χ2n) is 6.30. The number of carbonyl (C=O) groups excluding carboxylic acids is 1. The Balaban J connectivity index is 1.51. The van der Waals surface area contributed by atoms with Gasteiger partial charge in [0.05, 0.1) is 6.21 Å². The Bertz CT molecular complexity index is 947. The second kappa shape index (κ2) is 9.88. The molecule has 0 aliphatic heterocycles. The lowest BCUT2D eigenvalue weighted by Gasteiger charge is -2.06. The molecule has 0 bridgehead atoms. The lowest BCUT2D eigenvalue weighted by atomic mass is 10.1. The van der Waals surface area contributed by atoms with Gasteiger partial charge in [-0.25, -0.2) is 5.43 Å². The highest BCUT2D eigenvalue weighted by Crippen LogP contribution is 2.12. The predicted molar refractivity (Wildman–Crippen MR) is 113 cm³/mol. The quantitative estimate of drug-likeness (QED) is 0.465. The van der Waals surface area contributed by atoms with Crippen LogP contribution in [0, 0.1) is 0 Å². The third-order valence-corrected chi connectivity index (χ3v) is 3.99. The molecule has 0 spiro atoms. The Morgan fingerprint density at radius 2 is 1.57 bits per heavy atom. The van der Waals surface area contributed by atoms with Crippen LogP contribution in [0.15, 0.2) is 95.6 Å². The molecule has 0 radical (unpaired) electrons. The molecule has 0 aliphatic rings. The molecule has 28 heavy (non-hydrogen) atoms. The number of amides is 1. The van der Waals surface area contributed by atoms with E-state index in [0.29, 0.717) is 12.2 Å². The summed E-state index contributed by atoms with van der Waals surface area (Å²) in [6, 6.07) is 26.9. The molecule has 0 unspecified atom stereocenters. The fourth-order valence-corrected chi connectivity index (χ4v) is 2.54. The normalized spacial score (nSPS) is 11.4. The highest BCUT2D eigenvalue weighted by molar-refractivity contribution is 5.95. The maximum atomic E-state index is 12.2. The highest BCUT2D eigenvalue weighted by Gasteiger charge is 2.04. The molecule has 3 aromatic rings. The summed E-state index contributed by atoms with van der Waals surface area (Å²) in [6.45, 7) is 2.39. The Hall–Kier alpha value is -3.66. The molecule has 0 atom stereocenters. The van der Waals surface area contributed by atoms with Crippen LogP contribution in [0.1, 0.15) is 28.4 Å². The Morgan fingerprint density at radius 3 is 2.25 bits per heavy atom. The van der Waals surface area contributed by atoms with Gasteiger partial charge >= 0.3 is 0 Å². The van der Waals surface area contributed by atoms with Crippen molar-refractivity contribution in [2.45, 2.75) is 13.5 Å².